The molecule has 0 aliphatic rings. The first-order valence-corrected chi connectivity index (χ1v) is 5.56. The first-order chi connectivity index (χ1) is 9.65. The number of hydrogen-bond acceptors (Lipinski definition) is 6. The summed E-state index contributed by atoms with van der Waals surface area (Å²) in [6.45, 7) is 0. The van der Waals surface area contributed by atoms with Crippen LogP contribution < -0.4 is 16.6 Å². The van der Waals surface area contributed by atoms with E-state index in [4.69, 9.17) is 5.84 Å². The van der Waals surface area contributed by atoms with Crippen molar-refractivity contribution in [3.8, 4) is 0 Å². The quantitative estimate of drug-likeness (QED) is 0.428. The molecule has 0 atom stereocenters. The molecule has 0 spiro atoms. The van der Waals surface area contributed by atoms with Crippen LogP contribution in [0.1, 0.15) is 0 Å². The zero-order valence-electron chi connectivity index (χ0n) is 9.98. The molecule has 0 aliphatic carbocycles. The van der Waals surface area contributed by atoms with Crippen LogP contribution in [0, 0.1) is 11.6 Å². The highest BCUT2D eigenvalue weighted by Crippen LogP contribution is 2.24. The van der Waals surface area contributed by atoms with Crippen LogP contribution in [-0.4, -0.2) is 20.2 Å². The molecule has 0 aliphatic heterocycles. The van der Waals surface area contributed by atoms with Crippen molar-refractivity contribution in [2.24, 2.45) is 5.84 Å². The SMILES string of the molecule is NNc1nc(Nc2cc(F)cc(F)c2)c2cn[nH]c2n1. The maximum atomic E-state index is 13.2. The summed E-state index contributed by atoms with van der Waals surface area (Å²) in [7, 11) is 0. The van der Waals surface area contributed by atoms with Crippen LogP contribution in [0.15, 0.2) is 24.4 Å². The van der Waals surface area contributed by atoms with Crippen molar-refractivity contribution in [2.75, 3.05) is 10.7 Å². The number of anilines is 3. The molecule has 3 aromatic rings. The molecular formula is C11H9F2N7. The number of nitrogens with zero attached hydrogens (tertiary/aromatic N) is 3. The van der Waals surface area contributed by atoms with Gasteiger partial charge < -0.3 is 5.32 Å². The molecule has 0 amide bonds. The van der Waals surface area contributed by atoms with Crippen molar-refractivity contribution in [3.63, 3.8) is 0 Å². The number of nitrogens with two attached hydrogens (primary N) is 1. The normalized spacial score (nSPS) is 10.8. The van der Waals surface area contributed by atoms with Crippen molar-refractivity contribution in [3.05, 3.63) is 36.0 Å². The zero-order valence-corrected chi connectivity index (χ0v) is 9.98. The van der Waals surface area contributed by atoms with E-state index in [1.54, 1.807) is 0 Å². The van der Waals surface area contributed by atoms with E-state index < -0.39 is 11.6 Å². The molecule has 0 unspecified atom stereocenters. The van der Waals surface area contributed by atoms with Gasteiger partial charge in [-0.25, -0.2) is 14.6 Å². The maximum absolute atomic E-state index is 13.2. The lowest BCUT2D eigenvalue weighted by Gasteiger charge is -2.08. The number of benzene rings is 1. The van der Waals surface area contributed by atoms with Crippen LogP contribution in [0.4, 0.5) is 26.2 Å². The van der Waals surface area contributed by atoms with E-state index in [0.717, 1.165) is 18.2 Å². The number of nitrogen functional groups attached to an aromatic ring is 1. The van der Waals surface area contributed by atoms with E-state index in [1.165, 1.54) is 6.20 Å². The topological polar surface area (TPSA) is 105 Å². The maximum Gasteiger partial charge on any atom is 0.241 e. The highest BCUT2D eigenvalue weighted by Gasteiger charge is 2.10. The zero-order chi connectivity index (χ0) is 14.1. The molecule has 20 heavy (non-hydrogen) atoms. The molecule has 0 saturated heterocycles. The van der Waals surface area contributed by atoms with Gasteiger partial charge in [0.1, 0.15) is 17.5 Å². The second-order valence-corrected chi connectivity index (χ2v) is 3.96. The highest BCUT2D eigenvalue weighted by atomic mass is 19.1. The van der Waals surface area contributed by atoms with E-state index in [0.29, 0.717) is 16.9 Å². The summed E-state index contributed by atoms with van der Waals surface area (Å²) >= 11 is 0. The van der Waals surface area contributed by atoms with E-state index in [9.17, 15) is 8.78 Å². The lowest BCUT2D eigenvalue weighted by molar-refractivity contribution is 0.584. The van der Waals surface area contributed by atoms with Crippen LogP contribution in [0.5, 0.6) is 0 Å². The molecule has 0 bridgehead atoms. The third-order valence-corrected chi connectivity index (χ3v) is 2.56. The predicted octanol–water partition coefficient (Wildman–Crippen LogP) is 1.66. The lowest BCUT2D eigenvalue weighted by atomic mass is 10.3. The number of H-pyrrole nitrogens is 1. The molecular weight excluding hydrogens is 268 g/mol. The van der Waals surface area contributed by atoms with Gasteiger partial charge >= 0.3 is 0 Å². The first kappa shape index (κ1) is 12.2. The molecule has 2 aromatic heterocycles. The van der Waals surface area contributed by atoms with Gasteiger partial charge in [0, 0.05) is 11.8 Å². The van der Waals surface area contributed by atoms with Gasteiger partial charge in [-0.15, -0.1) is 0 Å². The Kier molecular flexibility index (Phi) is 2.88. The molecule has 0 saturated carbocycles. The number of hydrogen-bond donors (Lipinski definition) is 4. The molecule has 5 N–H and O–H groups in total. The number of hydrazine groups is 1. The Morgan fingerprint density at radius 3 is 2.55 bits per heavy atom. The minimum Gasteiger partial charge on any atom is -0.339 e. The molecule has 102 valence electrons. The third-order valence-electron chi connectivity index (χ3n) is 2.56. The average Bonchev–Trinajstić information content (AvgIpc) is 2.85. The van der Waals surface area contributed by atoms with Gasteiger partial charge in [-0.3, -0.25) is 10.5 Å². The Labute approximate surface area is 111 Å². The molecule has 1 aromatic carbocycles. The second kappa shape index (κ2) is 4.70. The standard InChI is InChI=1S/C11H9F2N7/c12-5-1-6(13)3-7(2-5)16-9-8-4-15-20-10(8)18-11(17-9)19-14/h1-4H,14H2,(H3,15,16,17,18,19,20). The van der Waals surface area contributed by atoms with Crippen molar-refractivity contribution >= 4 is 28.5 Å². The monoisotopic (exact) mass is 277 g/mol. The Hall–Kier alpha value is -2.81. The fourth-order valence-corrected chi connectivity index (χ4v) is 1.76. The van der Waals surface area contributed by atoms with Gasteiger partial charge in [-0.05, 0) is 12.1 Å². The summed E-state index contributed by atoms with van der Waals surface area (Å²) in [6, 6.07) is 3.07. The van der Waals surface area contributed by atoms with E-state index >= 15 is 0 Å². The van der Waals surface area contributed by atoms with Gasteiger partial charge in [0.2, 0.25) is 5.95 Å². The molecule has 0 radical (unpaired) electrons. The lowest BCUT2D eigenvalue weighted by Crippen LogP contribution is -2.11. The Bertz CT molecular complexity index is 750. The van der Waals surface area contributed by atoms with E-state index in [1.807, 2.05) is 0 Å². The van der Waals surface area contributed by atoms with Crippen molar-refractivity contribution in [1.82, 2.24) is 20.2 Å². The number of nitrogens with one attached hydrogen (secondary N) is 3. The number of rotatable bonds is 3. The summed E-state index contributed by atoms with van der Waals surface area (Å²) in [5, 5.41) is 9.85. The van der Waals surface area contributed by atoms with E-state index in [2.05, 4.69) is 30.9 Å². The average molecular weight is 277 g/mol. The van der Waals surface area contributed by atoms with Gasteiger partial charge in [-0.2, -0.15) is 15.1 Å². The van der Waals surface area contributed by atoms with Crippen molar-refractivity contribution in [1.29, 1.82) is 0 Å². The summed E-state index contributed by atoms with van der Waals surface area (Å²) < 4.78 is 26.3. The van der Waals surface area contributed by atoms with Crippen LogP contribution >= 0.6 is 0 Å². The molecule has 0 fully saturated rings. The predicted molar refractivity (Wildman–Crippen MR) is 69.1 cm³/mol. The molecule has 9 heteroatoms. The van der Waals surface area contributed by atoms with Crippen molar-refractivity contribution < 1.29 is 8.78 Å². The van der Waals surface area contributed by atoms with Crippen LogP contribution in [0.25, 0.3) is 11.0 Å². The van der Waals surface area contributed by atoms with Crippen LogP contribution in [0.3, 0.4) is 0 Å². The first-order valence-electron chi connectivity index (χ1n) is 5.56. The summed E-state index contributed by atoms with van der Waals surface area (Å²) in [6.07, 6.45) is 1.49. The van der Waals surface area contributed by atoms with Crippen molar-refractivity contribution in [2.45, 2.75) is 0 Å². The number of fused-ring (bicyclic) bond motifs is 1. The van der Waals surface area contributed by atoms with Gasteiger partial charge in [0.25, 0.3) is 0 Å². The number of aromatic nitrogens is 4. The van der Waals surface area contributed by atoms with Gasteiger partial charge in [0.15, 0.2) is 5.65 Å². The van der Waals surface area contributed by atoms with Gasteiger partial charge in [-0.1, -0.05) is 0 Å². The smallest absolute Gasteiger partial charge is 0.241 e. The van der Waals surface area contributed by atoms with Crippen LogP contribution in [-0.2, 0) is 0 Å². The Morgan fingerprint density at radius 2 is 1.85 bits per heavy atom. The summed E-state index contributed by atoms with van der Waals surface area (Å²) in [4.78, 5) is 8.12. The minimum absolute atomic E-state index is 0.140. The minimum atomic E-state index is -0.692. The second-order valence-electron chi connectivity index (χ2n) is 3.96. The Balaban J connectivity index is 2.07. The number of aromatic amines is 1. The molecule has 3 rings (SSSR count). The third kappa shape index (κ3) is 2.21. The largest absolute Gasteiger partial charge is 0.339 e. The number of halogens is 2. The van der Waals surface area contributed by atoms with Crippen LogP contribution in [0.2, 0.25) is 0 Å². The van der Waals surface area contributed by atoms with E-state index in [-0.39, 0.29) is 11.6 Å². The summed E-state index contributed by atoms with van der Waals surface area (Å²) in [5.74, 6) is 4.34. The fraction of sp³-hybridized carbons (Fsp3) is 0. The van der Waals surface area contributed by atoms with Gasteiger partial charge in [0.05, 0.1) is 11.6 Å². The Morgan fingerprint density at radius 1 is 1.10 bits per heavy atom. The highest BCUT2D eigenvalue weighted by molar-refractivity contribution is 5.88. The molecule has 7 nitrogen and oxygen atoms in total. The fourth-order valence-electron chi connectivity index (χ4n) is 1.76. The summed E-state index contributed by atoms with van der Waals surface area (Å²) in [5.41, 5.74) is 2.95. The molecule has 2 heterocycles.